The van der Waals surface area contributed by atoms with E-state index in [4.69, 9.17) is 4.74 Å². The van der Waals surface area contributed by atoms with Crippen LogP contribution in [0, 0.1) is 5.92 Å². The van der Waals surface area contributed by atoms with Gasteiger partial charge in [-0.2, -0.15) is 13.2 Å². The number of alkyl halides is 3. The minimum atomic E-state index is -4.47. The molecular weight excluding hydrogens is 363 g/mol. The quantitative estimate of drug-likeness (QED) is 0.774. The molecule has 1 heterocycles. The third-order valence-electron chi connectivity index (χ3n) is 3.31. The van der Waals surface area contributed by atoms with E-state index in [-0.39, 0.29) is 29.7 Å². The number of amides is 2. The summed E-state index contributed by atoms with van der Waals surface area (Å²) < 4.78 is 42.8. The number of carbonyl (C=O) groups excluding carboxylic acids is 2. The molecule has 0 saturated heterocycles. The lowest BCUT2D eigenvalue weighted by Gasteiger charge is -2.10. The minimum Gasteiger partial charge on any atom is -0.439 e. The number of nitrogens with zero attached hydrogens (tertiary/aromatic N) is 1. The van der Waals surface area contributed by atoms with Gasteiger partial charge in [-0.25, -0.2) is 4.98 Å². The Labute approximate surface area is 153 Å². The van der Waals surface area contributed by atoms with Gasteiger partial charge in [0.2, 0.25) is 11.8 Å². The maximum absolute atomic E-state index is 12.5. The second-order valence-corrected chi connectivity index (χ2v) is 6.11. The number of rotatable bonds is 5. The van der Waals surface area contributed by atoms with Gasteiger partial charge in [-0.15, -0.1) is 0 Å². The van der Waals surface area contributed by atoms with Crippen molar-refractivity contribution in [2.45, 2.75) is 26.4 Å². The number of carbonyl (C=O) groups is 2. The Morgan fingerprint density at radius 3 is 2.26 bits per heavy atom. The molecule has 0 saturated carbocycles. The number of halogens is 3. The van der Waals surface area contributed by atoms with Crippen LogP contribution in [0.3, 0.4) is 0 Å². The largest absolute Gasteiger partial charge is 0.439 e. The summed E-state index contributed by atoms with van der Waals surface area (Å²) in [5.41, 5.74) is 4.01. The predicted octanol–water partition coefficient (Wildman–Crippen LogP) is 3.70. The van der Waals surface area contributed by atoms with Gasteiger partial charge in [-0.3, -0.25) is 20.4 Å². The van der Waals surface area contributed by atoms with Crippen LogP contribution in [0.4, 0.5) is 13.2 Å². The molecule has 2 rings (SSSR count). The average molecular weight is 381 g/mol. The molecule has 6 nitrogen and oxygen atoms in total. The summed E-state index contributed by atoms with van der Waals surface area (Å²) in [7, 11) is 0. The summed E-state index contributed by atoms with van der Waals surface area (Å²) in [6, 6.07) is 7.79. The first-order valence-corrected chi connectivity index (χ1v) is 8.05. The maximum atomic E-state index is 12.5. The average Bonchev–Trinajstić information content (AvgIpc) is 2.59. The highest BCUT2D eigenvalue weighted by Gasteiger charge is 2.30. The zero-order valence-corrected chi connectivity index (χ0v) is 14.6. The Bertz CT molecular complexity index is 788. The molecule has 2 amide bonds. The van der Waals surface area contributed by atoms with Crippen LogP contribution in [0.15, 0.2) is 42.6 Å². The number of benzene rings is 1. The number of aromatic nitrogens is 1. The van der Waals surface area contributed by atoms with Crippen LogP contribution < -0.4 is 15.6 Å². The van der Waals surface area contributed by atoms with Gasteiger partial charge in [0.25, 0.3) is 5.91 Å². The van der Waals surface area contributed by atoms with E-state index in [0.29, 0.717) is 11.9 Å². The molecule has 1 aromatic carbocycles. The third-order valence-corrected chi connectivity index (χ3v) is 3.31. The summed E-state index contributed by atoms with van der Waals surface area (Å²) >= 11 is 0. The van der Waals surface area contributed by atoms with E-state index in [1.54, 1.807) is 0 Å². The first-order valence-electron chi connectivity index (χ1n) is 8.05. The molecule has 2 aromatic rings. The van der Waals surface area contributed by atoms with Crippen LogP contribution >= 0.6 is 0 Å². The lowest BCUT2D eigenvalue weighted by atomic mass is 10.1. The Morgan fingerprint density at radius 2 is 1.74 bits per heavy atom. The number of pyridine rings is 1. The summed E-state index contributed by atoms with van der Waals surface area (Å²) in [6.45, 7) is 3.76. The molecule has 0 spiro atoms. The fraction of sp³-hybridized carbons (Fsp3) is 0.278. The van der Waals surface area contributed by atoms with E-state index in [9.17, 15) is 22.8 Å². The normalized spacial score (nSPS) is 11.2. The van der Waals surface area contributed by atoms with Gasteiger partial charge < -0.3 is 4.74 Å². The number of hydrazine groups is 1. The van der Waals surface area contributed by atoms with Crippen LogP contribution in [0.5, 0.6) is 11.6 Å². The molecule has 0 aliphatic heterocycles. The molecule has 0 aliphatic carbocycles. The topological polar surface area (TPSA) is 80.3 Å². The number of hydrogen-bond donors (Lipinski definition) is 2. The van der Waals surface area contributed by atoms with Crippen molar-refractivity contribution in [2.24, 2.45) is 5.92 Å². The van der Waals surface area contributed by atoms with Crippen LogP contribution in [0.1, 0.15) is 36.2 Å². The zero-order valence-electron chi connectivity index (χ0n) is 14.6. The Hall–Kier alpha value is -3.10. The van der Waals surface area contributed by atoms with Gasteiger partial charge in [0.05, 0.1) is 5.56 Å². The highest BCUT2D eigenvalue weighted by atomic mass is 19.4. The molecule has 0 bridgehead atoms. The van der Waals surface area contributed by atoms with Crippen molar-refractivity contribution in [2.75, 3.05) is 0 Å². The van der Waals surface area contributed by atoms with Crippen LogP contribution in [-0.2, 0) is 11.0 Å². The minimum absolute atomic E-state index is 0.0128. The summed E-state index contributed by atoms with van der Waals surface area (Å²) in [6.07, 6.45) is -3.50. The first-order chi connectivity index (χ1) is 12.6. The van der Waals surface area contributed by atoms with E-state index >= 15 is 0 Å². The predicted molar refractivity (Wildman–Crippen MR) is 90.8 cm³/mol. The molecule has 0 atom stereocenters. The molecule has 2 N–H and O–H groups in total. The van der Waals surface area contributed by atoms with Crippen molar-refractivity contribution in [1.82, 2.24) is 15.8 Å². The Balaban J connectivity index is 1.93. The van der Waals surface area contributed by atoms with Crippen molar-refractivity contribution in [3.63, 3.8) is 0 Å². The number of nitrogens with one attached hydrogen (secondary N) is 2. The molecule has 27 heavy (non-hydrogen) atoms. The second kappa shape index (κ2) is 8.52. The standard InChI is InChI=1S/C18H18F3N3O3/c1-11(2)9-15(25)23-24-17(26)12-3-6-14(7-4-12)27-16-8-5-13(10-22-16)18(19,20)21/h3-8,10-11H,9H2,1-2H3,(H,23,25)(H,24,26). The summed E-state index contributed by atoms with van der Waals surface area (Å²) in [4.78, 5) is 27.1. The lowest BCUT2D eigenvalue weighted by Crippen LogP contribution is -2.41. The van der Waals surface area contributed by atoms with Crippen LogP contribution in [-0.4, -0.2) is 16.8 Å². The molecule has 0 fully saturated rings. The molecular formula is C18H18F3N3O3. The van der Waals surface area contributed by atoms with Gasteiger partial charge in [0.15, 0.2) is 0 Å². The Kier molecular flexibility index (Phi) is 6.38. The van der Waals surface area contributed by atoms with Crippen molar-refractivity contribution in [1.29, 1.82) is 0 Å². The smallest absolute Gasteiger partial charge is 0.417 e. The van der Waals surface area contributed by atoms with Crippen molar-refractivity contribution in [3.05, 3.63) is 53.7 Å². The van der Waals surface area contributed by atoms with Crippen molar-refractivity contribution >= 4 is 11.8 Å². The fourth-order valence-electron chi connectivity index (χ4n) is 2.02. The molecule has 0 aliphatic rings. The van der Waals surface area contributed by atoms with Gasteiger partial charge >= 0.3 is 6.18 Å². The first kappa shape index (κ1) is 20.2. The van der Waals surface area contributed by atoms with Gasteiger partial charge in [-0.05, 0) is 36.2 Å². The van der Waals surface area contributed by atoms with Crippen molar-refractivity contribution < 1.29 is 27.5 Å². The monoisotopic (exact) mass is 381 g/mol. The van der Waals surface area contributed by atoms with E-state index < -0.39 is 17.6 Å². The third kappa shape index (κ3) is 6.28. The number of hydrogen-bond acceptors (Lipinski definition) is 4. The highest BCUT2D eigenvalue weighted by Crippen LogP contribution is 2.30. The molecule has 1 aromatic heterocycles. The molecule has 0 radical (unpaired) electrons. The zero-order chi connectivity index (χ0) is 20.0. The maximum Gasteiger partial charge on any atom is 0.417 e. The fourth-order valence-corrected chi connectivity index (χ4v) is 2.02. The van der Waals surface area contributed by atoms with E-state index in [1.807, 2.05) is 13.8 Å². The van der Waals surface area contributed by atoms with E-state index in [0.717, 1.165) is 12.1 Å². The number of ether oxygens (including phenoxy) is 1. The van der Waals surface area contributed by atoms with Crippen LogP contribution in [0.25, 0.3) is 0 Å². The van der Waals surface area contributed by atoms with E-state index in [1.165, 1.54) is 24.3 Å². The van der Waals surface area contributed by atoms with E-state index in [2.05, 4.69) is 15.8 Å². The molecule has 9 heteroatoms. The second-order valence-electron chi connectivity index (χ2n) is 6.11. The summed E-state index contributed by atoms with van der Waals surface area (Å²) in [5.74, 6) is -0.362. The van der Waals surface area contributed by atoms with Crippen LogP contribution in [0.2, 0.25) is 0 Å². The SMILES string of the molecule is CC(C)CC(=O)NNC(=O)c1ccc(Oc2ccc(C(F)(F)F)cn2)cc1. The Morgan fingerprint density at radius 1 is 1.07 bits per heavy atom. The van der Waals surface area contributed by atoms with Gasteiger partial charge in [-0.1, -0.05) is 13.8 Å². The van der Waals surface area contributed by atoms with Crippen molar-refractivity contribution in [3.8, 4) is 11.6 Å². The highest BCUT2D eigenvalue weighted by molar-refractivity contribution is 5.95. The van der Waals surface area contributed by atoms with Gasteiger partial charge in [0, 0.05) is 24.2 Å². The van der Waals surface area contributed by atoms with Gasteiger partial charge in [0.1, 0.15) is 5.75 Å². The molecule has 0 unspecified atom stereocenters. The molecule has 144 valence electrons. The summed E-state index contributed by atoms with van der Waals surface area (Å²) in [5, 5.41) is 0. The lowest BCUT2D eigenvalue weighted by molar-refractivity contribution is -0.137.